The van der Waals surface area contributed by atoms with E-state index in [2.05, 4.69) is 0 Å². The number of carboxylic acid groups (broad SMARTS) is 1. The lowest BCUT2D eigenvalue weighted by molar-refractivity contribution is -0.144. The van der Waals surface area contributed by atoms with Crippen molar-refractivity contribution < 1.29 is 19.4 Å². The number of benzene rings is 1. The van der Waals surface area contributed by atoms with Crippen LogP contribution in [0.5, 0.6) is 5.75 Å². The van der Waals surface area contributed by atoms with Crippen molar-refractivity contribution in [3.8, 4) is 5.75 Å². The number of hydrogen-bond donors (Lipinski definition) is 2. The van der Waals surface area contributed by atoms with Crippen LogP contribution in [0.1, 0.15) is 20.3 Å². The molecule has 1 rings (SSSR count). The number of para-hydroxylation sites is 1. The van der Waals surface area contributed by atoms with E-state index in [0.717, 1.165) is 5.75 Å². The highest BCUT2D eigenvalue weighted by Gasteiger charge is 2.30. The molecular formula is C14H21NO4. The monoisotopic (exact) mass is 267 g/mol. The Morgan fingerprint density at radius 2 is 2.00 bits per heavy atom. The van der Waals surface area contributed by atoms with Crippen molar-refractivity contribution >= 4 is 5.97 Å². The summed E-state index contributed by atoms with van der Waals surface area (Å²) in [5, 5.41) is 8.91. The molecule has 106 valence electrons. The zero-order valence-electron chi connectivity index (χ0n) is 11.3. The van der Waals surface area contributed by atoms with Gasteiger partial charge in [-0.2, -0.15) is 0 Å². The Labute approximate surface area is 113 Å². The van der Waals surface area contributed by atoms with Crippen LogP contribution >= 0.6 is 0 Å². The lowest BCUT2D eigenvalue weighted by Crippen LogP contribution is -2.47. The normalized spacial score (nSPS) is 15.5. The third-order valence-electron chi connectivity index (χ3n) is 2.70. The molecule has 0 aromatic heterocycles. The summed E-state index contributed by atoms with van der Waals surface area (Å²) in [4.78, 5) is 10.9. The van der Waals surface area contributed by atoms with Crippen molar-refractivity contribution in [2.75, 3.05) is 13.2 Å². The molecule has 5 nitrogen and oxygen atoms in total. The lowest BCUT2D eigenvalue weighted by atomic mass is 9.96. The predicted octanol–water partition coefficient (Wildman–Crippen LogP) is 1.66. The van der Waals surface area contributed by atoms with Crippen LogP contribution in [-0.2, 0) is 9.53 Å². The second-order valence-corrected chi connectivity index (χ2v) is 4.77. The van der Waals surface area contributed by atoms with Crippen LogP contribution < -0.4 is 10.5 Å². The van der Waals surface area contributed by atoms with E-state index >= 15 is 0 Å². The van der Waals surface area contributed by atoms with Crippen molar-refractivity contribution in [2.45, 2.75) is 31.9 Å². The van der Waals surface area contributed by atoms with E-state index in [4.69, 9.17) is 20.3 Å². The predicted molar refractivity (Wildman–Crippen MR) is 72.2 cm³/mol. The van der Waals surface area contributed by atoms with Crippen molar-refractivity contribution in [1.82, 2.24) is 0 Å². The van der Waals surface area contributed by atoms with Crippen LogP contribution in [0.3, 0.4) is 0 Å². The Morgan fingerprint density at radius 1 is 1.37 bits per heavy atom. The Kier molecular flexibility index (Phi) is 5.79. The summed E-state index contributed by atoms with van der Waals surface area (Å²) < 4.78 is 10.9. The van der Waals surface area contributed by atoms with Crippen LogP contribution in [0.4, 0.5) is 0 Å². The highest BCUT2D eigenvalue weighted by atomic mass is 16.5. The van der Waals surface area contributed by atoms with Gasteiger partial charge < -0.3 is 20.3 Å². The van der Waals surface area contributed by atoms with Gasteiger partial charge in [0.05, 0.1) is 12.7 Å². The van der Waals surface area contributed by atoms with Gasteiger partial charge >= 0.3 is 5.97 Å². The molecule has 3 N–H and O–H groups in total. The molecule has 2 atom stereocenters. The summed E-state index contributed by atoms with van der Waals surface area (Å²) in [6.07, 6.45) is 0.0266. The molecule has 1 aromatic carbocycles. The molecule has 0 radical (unpaired) electrons. The van der Waals surface area contributed by atoms with Gasteiger partial charge in [-0.05, 0) is 26.0 Å². The Morgan fingerprint density at radius 3 is 2.58 bits per heavy atom. The van der Waals surface area contributed by atoms with Gasteiger partial charge in [-0.3, -0.25) is 4.79 Å². The van der Waals surface area contributed by atoms with Gasteiger partial charge in [-0.25, -0.2) is 0 Å². The number of aliphatic carboxylic acids is 1. The second kappa shape index (κ2) is 7.11. The molecule has 19 heavy (non-hydrogen) atoms. The van der Waals surface area contributed by atoms with Gasteiger partial charge in [0.2, 0.25) is 0 Å². The highest BCUT2D eigenvalue weighted by molar-refractivity contribution is 5.77. The topological polar surface area (TPSA) is 81.8 Å². The minimum atomic E-state index is -1.26. The highest BCUT2D eigenvalue weighted by Crippen LogP contribution is 2.12. The molecular weight excluding hydrogens is 246 g/mol. The van der Waals surface area contributed by atoms with Crippen molar-refractivity contribution in [3.05, 3.63) is 30.3 Å². The molecule has 0 saturated heterocycles. The molecule has 5 heteroatoms. The first-order valence-corrected chi connectivity index (χ1v) is 6.23. The maximum atomic E-state index is 10.9. The zero-order valence-corrected chi connectivity index (χ0v) is 11.3. The summed E-state index contributed by atoms with van der Waals surface area (Å²) in [5.74, 6) is -0.239. The zero-order chi connectivity index (χ0) is 14.3. The maximum Gasteiger partial charge on any atom is 0.323 e. The Bertz CT molecular complexity index is 392. The average Bonchev–Trinajstić information content (AvgIpc) is 2.35. The fraction of sp³-hybridized carbons (Fsp3) is 0.500. The van der Waals surface area contributed by atoms with Crippen LogP contribution in [0.15, 0.2) is 30.3 Å². The lowest BCUT2D eigenvalue weighted by Gasteiger charge is -2.23. The Balaban J connectivity index is 2.21. The van der Waals surface area contributed by atoms with Gasteiger partial charge in [0.1, 0.15) is 17.9 Å². The van der Waals surface area contributed by atoms with E-state index < -0.39 is 11.5 Å². The second-order valence-electron chi connectivity index (χ2n) is 4.77. The third kappa shape index (κ3) is 5.72. The smallest absolute Gasteiger partial charge is 0.323 e. The van der Waals surface area contributed by atoms with Crippen LogP contribution in [0, 0.1) is 0 Å². The van der Waals surface area contributed by atoms with Gasteiger partial charge in [-0.15, -0.1) is 0 Å². The molecule has 0 aliphatic heterocycles. The van der Waals surface area contributed by atoms with Crippen molar-refractivity contribution in [2.24, 2.45) is 5.73 Å². The average molecular weight is 267 g/mol. The molecule has 0 spiro atoms. The first-order chi connectivity index (χ1) is 8.92. The minimum Gasteiger partial charge on any atom is -0.491 e. The maximum absolute atomic E-state index is 10.9. The van der Waals surface area contributed by atoms with Gasteiger partial charge in [0, 0.05) is 6.42 Å². The first-order valence-electron chi connectivity index (χ1n) is 6.23. The largest absolute Gasteiger partial charge is 0.491 e. The third-order valence-corrected chi connectivity index (χ3v) is 2.70. The fourth-order valence-electron chi connectivity index (χ4n) is 1.67. The van der Waals surface area contributed by atoms with E-state index in [1.807, 2.05) is 30.3 Å². The number of rotatable bonds is 8. The molecule has 0 heterocycles. The van der Waals surface area contributed by atoms with E-state index in [9.17, 15) is 4.79 Å². The van der Waals surface area contributed by atoms with E-state index in [-0.39, 0.29) is 12.5 Å². The Hall–Kier alpha value is -1.59. The summed E-state index contributed by atoms with van der Waals surface area (Å²) >= 11 is 0. The van der Waals surface area contributed by atoms with Crippen LogP contribution in [0.2, 0.25) is 0 Å². The summed E-state index contributed by atoms with van der Waals surface area (Å²) in [6.45, 7) is 4.10. The van der Waals surface area contributed by atoms with Gasteiger partial charge in [-0.1, -0.05) is 18.2 Å². The number of hydrogen-bond acceptors (Lipinski definition) is 4. The van der Waals surface area contributed by atoms with E-state index in [0.29, 0.717) is 13.2 Å². The summed E-state index contributed by atoms with van der Waals surface area (Å²) in [5.41, 5.74) is 4.38. The molecule has 0 aliphatic rings. The molecule has 0 amide bonds. The molecule has 1 aromatic rings. The molecule has 0 aliphatic carbocycles. The van der Waals surface area contributed by atoms with Gasteiger partial charge in [0.25, 0.3) is 0 Å². The SMILES string of the molecule is CC(CC(C)(N)C(=O)O)OCCOc1ccccc1. The minimum absolute atomic E-state index is 0.231. The van der Waals surface area contributed by atoms with Crippen LogP contribution in [0.25, 0.3) is 0 Å². The van der Waals surface area contributed by atoms with Gasteiger partial charge in [0.15, 0.2) is 0 Å². The molecule has 0 saturated carbocycles. The number of nitrogens with two attached hydrogens (primary N) is 1. The van der Waals surface area contributed by atoms with Crippen LogP contribution in [-0.4, -0.2) is 35.9 Å². The molecule has 0 bridgehead atoms. The molecule has 0 fully saturated rings. The molecule has 2 unspecified atom stereocenters. The quantitative estimate of drug-likeness (QED) is 0.700. The number of ether oxygens (including phenoxy) is 2. The summed E-state index contributed by atoms with van der Waals surface area (Å²) in [7, 11) is 0. The first kappa shape index (κ1) is 15.5. The van der Waals surface area contributed by atoms with Crippen molar-refractivity contribution in [1.29, 1.82) is 0 Å². The standard InChI is InChI=1S/C14H21NO4/c1-11(10-14(2,15)13(16)17)18-8-9-19-12-6-4-3-5-7-12/h3-7,11H,8-10,15H2,1-2H3,(H,16,17). The number of carboxylic acids is 1. The fourth-order valence-corrected chi connectivity index (χ4v) is 1.67. The van der Waals surface area contributed by atoms with E-state index in [1.165, 1.54) is 6.92 Å². The summed E-state index contributed by atoms with van der Waals surface area (Å²) in [6, 6.07) is 9.44. The number of carbonyl (C=O) groups is 1. The van der Waals surface area contributed by atoms with E-state index in [1.54, 1.807) is 6.92 Å². The van der Waals surface area contributed by atoms with Crippen molar-refractivity contribution in [3.63, 3.8) is 0 Å².